The highest BCUT2D eigenvalue weighted by Gasteiger charge is 2.11. The number of aromatic nitrogens is 6. The number of nitrogens with zero attached hydrogens (tertiary/aromatic N) is 6. The average molecular weight is 248 g/mol. The van der Waals surface area contributed by atoms with E-state index in [0.29, 0.717) is 5.82 Å². The molecule has 9 nitrogen and oxygen atoms in total. The molecule has 94 valence electrons. The molecule has 0 spiro atoms. The largest absolute Gasteiger partial charge is 0.369 e. The van der Waals surface area contributed by atoms with E-state index in [1.165, 1.54) is 17.2 Å². The molecule has 0 saturated carbocycles. The van der Waals surface area contributed by atoms with Crippen molar-refractivity contribution in [1.82, 2.24) is 30.2 Å². The summed E-state index contributed by atoms with van der Waals surface area (Å²) in [6.07, 6.45) is 2.87. The second-order valence-electron chi connectivity index (χ2n) is 3.37. The lowest BCUT2D eigenvalue weighted by Crippen LogP contribution is -2.15. The van der Waals surface area contributed by atoms with E-state index < -0.39 is 5.91 Å². The van der Waals surface area contributed by atoms with Crippen LogP contribution in [-0.2, 0) is 7.05 Å². The number of hydrogen-bond acceptors (Lipinski definition) is 7. The van der Waals surface area contributed by atoms with Gasteiger partial charge in [0.25, 0.3) is 11.9 Å². The summed E-state index contributed by atoms with van der Waals surface area (Å²) in [4.78, 5) is 21.0. The van der Waals surface area contributed by atoms with E-state index in [4.69, 9.17) is 0 Å². The summed E-state index contributed by atoms with van der Waals surface area (Å²) in [5.41, 5.74) is 0.184. The van der Waals surface area contributed by atoms with E-state index >= 15 is 0 Å². The molecule has 0 fully saturated rings. The van der Waals surface area contributed by atoms with Crippen LogP contribution in [0.15, 0.2) is 12.4 Å². The second-order valence-corrected chi connectivity index (χ2v) is 3.37. The van der Waals surface area contributed by atoms with Crippen molar-refractivity contribution in [3.05, 3.63) is 18.1 Å². The Morgan fingerprint density at radius 3 is 2.78 bits per heavy atom. The van der Waals surface area contributed by atoms with Crippen molar-refractivity contribution in [2.24, 2.45) is 7.05 Å². The first-order chi connectivity index (χ1) is 8.69. The molecule has 0 radical (unpaired) electrons. The van der Waals surface area contributed by atoms with Crippen LogP contribution in [0, 0.1) is 0 Å². The minimum atomic E-state index is -0.432. The maximum atomic E-state index is 11.7. The van der Waals surface area contributed by atoms with E-state index in [0.717, 1.165) is 6.54 Å². The number of nitrogens with one attached hydrogen (secondary N) is 2. The normalized spacial score (nSPS) is 10.1. The Hall–Kier alpha value is -2.58. The van der Waals surface area contributed by atoms with Crippen LogP contribution >= 0.6 is 0 Å². The predicted molar refractivity (Wildman–Crippen MR) is 62.9 cm³/mol. The van der Waals surface area contributed by atoms with Gasteiger partial charge in [-0.15, -0.1) is 5.10 Å². The zero-order chi connectivity index (χ0) is 13.0. The highest BCUT2D eigenvalue weighted by molar-refractivity contribution is 6.01. The highest BCUT2D eigenvalue weighted by Crippen LogP contribution is 2.02. The summed E-state index contributed by atoms with van der Waals surface area (Å²) in [5, 5.41) is 16.5. The molecule has 0 aliphatic rings. The molecule has 2 aromatic rings. The van der Waals surface area contributed by atoms with E-state index in [2.05, 4.69) is 36.0 Å². The number of carbonyl (C=O) groups excluding carboxylic acids is 1. The van der Waals surface area contributed by atoms with Gasteiger partial charge in [-0.2, -0.15) is 4.80 Å². The van der Waals surface area contributed by atoms with Gasteiger partial charge in [0.05, 0.1) is 19.4 Å². The first-order valence-corrected chi connectivity index (χ1v) is 5.30. The van der Waals surface area contributed by atoms with Gasteiger partial charge in [0, 0.05) is 6.54 Å². The number of aryl methyl sites for hydroxylation is 1. The van der Waals surface area contributed by atoms with Crippen LogP contribution in [0.2, 0.25) is 0 Å². The lowest BCUT2D eigenvalue weighted by atomic mass is 10.4. The number of hydrogen-bond donors (Lipinski definition) is 2. The van der Waals surface area contributed by atoms with Crippen LogP contribution in [0.3, 0.4) is 0 Å². The molecular weight excluding hydrogens is 236 g/mol. The minimum Gasteiger partial charge on any atom is -0.369 e. The molecule has 0 aliphatic heterocycles. The first-order valence-electron chi connectivity index (χ1n) is 5.30. The van der Waals surface area contributed by atoms with E-state index in [-0.39, 0.29) is 11.6 Å². The number of carbonyl (C=O) groups is 1. The van der Waals surface area contributed by atoms with Gasteiger partial charge in [0.1, 0.15) is 11.5 Å². The maximum absolute atomic E-state index is 11.7. The summed E-state index contributed by atoms with van der Waals surface area (Å²) in [5.74, 6) is 0.310. The molecule has 0 bridgehead atoms. The second kappa shape index (κ2) is 5.17. The van der Waals surface area contributed by atoms with Gasteiger partial charge in [-0.3, -0.25) is 10.1 Å². The van der Waals surface area contributed by atoms with Crippen molar-refractivity contribution in [2.75, 3.05) is 17.2 Å². The fourth-order valence-electron chi connectivity index (χ4n) is 1.22. The SMILES string of the molecule is CCNc1cnc(C(=O)Nc2nnn(C)n2)cn1. The molecule has 0 saturated heterocycles. The lowest BCUT2D eigenvalue weighted by molar-refractivity contribution is 0.102. The molecular formula is C9H12N8O. The zero-order valence-electron chi connectivity index (χ0n) is 9.95. The summed E-state index contributed by atoms with van der Waals surface area (Å²) in [6, 6.07) is 0. The Morgan fingerprint density at radius 1 is 1.39 bits per heavy atom. The van der Waals surface area contributed by atoms with Crippen molar-refractivity contribution in [3.63, 3.8) is 0 Å². The van der Waals surface area contributed by atoms with Crippen LogP contribution in [0.1, 0.15) is 17.4 Å². The quantitative estimate of drug-likeness (QED) is 0.763. The topological polar surface area (TPSA) is 111 Å². The Bertz CT molecular complexity index is 534. The van der Waals surface area contributed by atoms with Crippen LogP contribution in [0.25, 0.3) is 0 Å². The molecule has 2 aromatic heterocycles. The van der Waals surface area contributed by atoms with Gasteiger partial charge < -0.3 is 5.32 Å². The van der Waals surface area contributed by atoms with E-state index in [9.17, 15) is 4.79 Å². The standard InChI is InChI=1S/C9H12N8O/c1-3-10-7-5-11-6(4-12-7)8(18)13-9-14-16-17(2)15-9/h4-5H,3H2,1-2H3,(H,10,12)(H,13,15,18). The molecule has 0 aliphatic carbocycles. The third-order valence-corrected chi connectivity index (χ3v) is 1.98. The molecule has 0 aromatic carbocycles. The first kappa shape index (κ1) is 11.9. The molecule has 18 heavy (non-hydrogen) atoms. The summed E-state index contributed by atoms with van der Waals surface area (Å²) >= 11 is 0. The smallest absolute Gasteiger partial charge is 0.278 e. The summed E-state index contributed by atoms with van der Waals surface area (Å²) in [7, 11) is 1.60. The number of tetrazole rings is 1. The van der Waals surface area contributed by atoms with Crippen molar-refractivity contribution < 1.29 is 4.79 Å². The average Bonchev–Trinajstić information content (AvgIpc) is 2.76. The molecule has 0 unspecified atom stereocenters. The fraction of sp³-hybridized carbons (Fsp3) is 0.333. The highest BCUT2D eigenvalue weighted by atomic mass is 16.2. The van der Waals surface area contributed by atoms with Gasteiger partial charge in [-0.25, -0.2) is 9.97 Å². The van der Waals surface area contributed by atoms with Crippen molar-refractivity contribution in [1.29, 1.82) is 0 Å². The van der Waals surface area contributed by atoms with Gasteiger partial charge in [-0.05, 0) is 12.1 Å². The molecule has 2 heterocycles. The molecule has 1 amide bonds. The lowest BCUT2D eigenvalue weighted by Gasteiger charge is -2.02. The minimum absolute atomic E-state index is 0.125. The predicted octanol–water partition coefficient (Wildman–Crippen LogP) is -0.316. The molecule has 9 heteroatoms. The van der Waals surface area contributed by atoms with Gasteiger partial charge >= 0.3 is 0 Å². The number of rotatable bonds is 4. The van der Waals surface area contributed by atoms with E-state index in [1.807, 2.05) is 6.92 Å². The van der Waals surface area contributed by atoms with E-state index in [1.54, 1.807) is 7.05 Å². The van der Waals surface area contributed by atoms with Crippen molar-refractivity contribution in [2.45, 2.75) is 6.92 Å². The Balaban J connectivity index is 2.04. The molecule has 2 N–H and O–H groups in total. The van der Waals surface area contributed by atoms with Crippen LogP contribution in [0.5, 0.6) is 0 Å². The van der Waals surface area contributed by atoms with Gasteiger partial charge in [-0.1, -0.05) is 5.10 Å². The van der Waals surface area contributed by atoms with Crippen LogP contribution in [0.4, 0.5) is 11.8 Å². The maximum Gasteiger partial charge on any atom is 0.278 e. The van der Waals surface area contributed by atoms with Gasteiger partial charge in [0.15, 0.2) is 0 Å². The Morgan fingerprint density at radius 2 is 2.22 bits per heavy atom. The Kier molecular flexibility index (Phi) is 3.41. The Labute approximate surface area is 103 Å². The number of anilines is 2. The third kappa shape index (κ3) is 2.75. The summed E-state index contributed by atoms with van der Waals surface area (Å²) in [6.45, 7) is 2.69. The molecule has 2 rings (SSSR count). The monoisotopic (exact) mass is 248 g/mol. The number of amides is 1. The van der Waals surface area contributed by atoms with Crippen molar-refractivity contribution in [3.8, 4) is 0 Å². The van der Waals surface area contributed by atoms with Crippen molar-refractivity contribution >= 4 is 17.7 Å². The van der Waals surface area contributed by atoms with Crippen LogP contribution < -0.4 is 10.6 Å². The fourth-order valence-corrected chi connectivity index (χ4v) is 1.22. The summed E-state index contributed by atoms with van der Waals surface area (Å²) < 4.78 is 0. The zero-order valence-corrected chi connectivity index (χ0v) is 9.95. The third-order valence-electron chi connectivity index (χ3n) is 1.98. The van der Waals surface area contributed by atoms with Gasteiger partial charge in [0.2, 0.25) is 0 Å². The molecule has 0 atom stereocenters. The van der Waals surface area contributed by atoms with Crippen LogP contribution in [-0.4, -0.2) is 42.6 Å².